The largest absolute Gasteiger partial charge is 0.323 e. The lowest BCUT2D eigenvalue weighted by Gasteiger charge is -2.29. The third-order valence-electron chi connectivity index (χ3n) is 5.56. The highest BCUT2D eigenvalue weighted by atomic mass is 32.2. The zero-order valence-electron chi connectivity index (χ0n) is 17.2. The van der Waals surface area contributed by atoms with Gasteiger partial charge in [-0.05, 0) is 60.9 Å². The van der Waals surface area contributed by atoms with Crippen LogP contribution in [0, 0.1) is 5.82 Å². The maximum atomic E-state index is 13.6. The van der Waals surface area contributed by atoms with Crippen LogP contribution in [-0.4, -0.2) is 36.2 Å². The van der Waals surface area contributed by atoms with Crippen LogP contribution < -0.4 is 11.1 Å². The summed E-state index contributed by atoms with van der Waals surface area (Å²) in [6.07, 6.45) is 4.44. The first-order valence-electron chi connectivity index (χ1n) is 10.2. The maximum absolute atomic E-state index is 13.6. The summed E-state index contributed by atoms with van der Waals surface area (Å²) in [7, 11) is -3.88. The van der Waals surface area contributed by atoms with E-state index in [1.54, 1.807) is 48.8 Å². The highest BCUT2D eigenvalue weighted by molar-refractivity contribution is 7.89. The van der Waals surface area contributed by atoms with E-state index in [2.05, 4.69) is 10.3 Å². The van der Waals surface area contributed by atoms with E-state index in [4.69, 9.17) is 5.73 Å². The van der Waals surface area contributed by atoms with Crippen molar-refractivity contribution in [2.45, 2.75) is 29.8 Å². The number of halogens is 1. The van der Waals surface area contributed by atoms with Gasteiger partial charge in [-0.15, -0.1) is 0 Å². The lowest BCUT2D eigenvalue weighted by Crippen LogP contribution is -2.42. The third-order valence-corrected chi connectivity index (χ3v) is 7.48. The van der Waals surface area contributed by atoms with E-state index in [1.807, 2.05) is 0 Å². The molecule has 0 radical (unpaired) electrons. The molecule has 3 N–H and O–H groups in total. The van der Waals surface area contributed by atoms with Gasteiger partial charge in [0.15, 0.2) is 0 Å². The number of hydrogen-bond acceptors (Lipinski definition) is 5. The van der Waals surface area contributed by atoms with Crippen molar-refractivity contribution in [2.75, 3.05) is 11.9 Å². The van der Waals surface area contributed by atoms with Gasteiger partial charge in [0.2, 0.25) is 10.0 Å². The Balaban J connectivity index is 1.51. The molecule has 2 atom stereocenters. The molecule has 7 nitrogen and oxygen atoms in total. The number of carbonyl (C=O) groups is 1. The number of hydrogen-bond donors (Lipinski definition) is 2. The Kier molecular flexibility index (Phi) is 6.31. The molecule has 166 valence electrons. The van der Waals surface area contributed by atoms with Gasteiger partial charge in [0.1, 0.15) is 5.82 Å². The van der Waals surface area contributed by atoms with Crippen LogP contribution in [0.5, 0.6) is 0 Å². The molecule has 2 unspecified atom stereocenters. The molecule has 2 aromatic carbocycles. The second-order valence-corrected chi connectivity index (χ2v) is 9.51. The fraction of sp³-hybridized carbons (Fsp3) is 0.217. The van der Waals surface area contributed by atoms with Crippen LogP contribution in [0.1, 0.15) is 34.8 Å². The molecule has 1 aliphatic rings. The van der Waals surface area contributed by atoms with Crippen molar-refractivity contribution in [3.05, 3.63) is 90.0 Å². The van der Waals surface area contributed by atoms with Crippen LogP contribution in [0.2, 0.25) is 0 Å². The fourth-order valence-electron chi connectivity index (χ4n) is 3.90. The van der Waals surface area contributed by atoms with E-state index in [-0.39, 0.29) is 10.8 Å². The summed E-state index contributed by atoms with van der Waals surface area (Å²) in [6, 6.07) is 14.1. The number of pyridine rings is 1. The summed E-state index contributed by atoms with van der Waals surface area (Å²) >= 11 is 0. The number of sulfonamides is 1. The number of nitrogens with zero attached hydrogens (tertiary/aromatic N) is 2. The van der Waals surface area contributed by atoms with E-state index >= 15 is 0 Å². The molecule has 0 bridgehead atoms. The average Bonchev–Trinajstić information content (AvgIpc) is 3.30. The molecule has 1 fully saturated rings. The van der Waals surface area contributed by atoms with Crippen LogP contribution in [0.15, 0.2) is 78.0 Å². The Morgan fingerprint density at radius 1 is 1.12 bits per heavy atom. The molecule has 3 aromatic rings. The number of nitrogens with two attached hydrogens (primary N) is 1. The summed E-state index contributed by atoms with van der Waals surface area (Å²) in [4.78, 5) is 16.3. The topological polar surface area (TPSA) is 105 Å². The second kappa shape index (κ2) is 9.15. The molecule has 9 heteroatoms. The Morgan fingerprint density at radius 2 is 1.84 bits per heavy atom. The lowest BCUT2D eigenvalue weighted by atomic mass is 9.98. The van der Waals surface area contributed by atoms with Gasteiger partial charge in [-0.1, -0.05) is 18.2 Å². The molecular weight excluding hydrogens is 431 g/mol. The third kappa shape index (κ3) is 4.55. The van der Waals surface area contributed by atoms with Crippen molar-refractivity contribution in [2.24, 2.45) is 5.73 Å². The highest BCUT2D eigenvalue weighted by Crippen LogP contribution is 2.33. The zero-order chi connectivity index (χ0) is 22.7. The van der Waals surface area contributed by atoms with Crippen molar-refractivity contribution >= 4 is 21.6 Å². The predicted molar refractivity (Wildman–Crippen MR) is 119 cm³/mol. The Bertz CT molecular complexity index is 1200. The van der Waals surface area contributed by atoms with Crippen LogP contribution in [0.25, 0.3) is 0 Å². The van der Waals surface area contributed by atoms with Crippen molar-refractivity contribution in [1.29, 1.82) is 0 Å². The van der Waals surface area contributed by atoms with Gasteiger partial charge in [0, 0.05) is 42.3 Å². The van der Waals surface area contributed by atoms with Crippen molar-refractivity contribution in [3.8, 4) is 0 Å². The fourth-order valence-corrected chi connectivity index (χ4v) is 5.65. The SMILES string of the molecule is NC(c1ccc(C(=O)Nc2ccncc2)cc1)C1CCCN1S(=O)(=O)c1cccc(F)c1. The normalized spacial score (nSPS) is 17.8. The van der Waals surface area contributed by atoms with Crippen molar-refractivity contribution < 1.29 is 17.6 Å². The average molecular weight is 455 g/mol. The van der Waals surface area contributed by atoms with Crippen LogP contribution >= 0.6 is 0 Å². The summed E-state index contributed by atoms with van der Waals surface area (Å²) in [5, 5.41) is 2.78. The van der Waals surface area contributed by atoms with Crippen molar-refractivity contribution in [3.63, 3.8) is 0 Å². The van der Waals surface area contributed by atoms with Gasteiger partial charge in [-0.3, -0.25) is 9.78 Å². The summed E-state index contributed by atoms with van der Waals surface area (Å²) in [6.45, 7) is 0.323. The number of amides is 1. The number of rotatable bonds is 6. The standard InChI is InChI=1S/C23H23FN4O3S/c24-18-3-1-4-20(15-18)32(30,31)28-14-2-5-21(28)22(25)16-6-8-17(9-7-16)23(29)27-19-10-12-26-13-11-19/h1,3-4,6-13,15,21-22H,2,5,14,25H2,(H,26,27,29). The number of benzene rings is 2. The van der Waals surface area contributed by atoms with E-state index in [0.717, 1.165) is 11.6 Å². The first-order valence-corrected chi connectivity index (χ1v) is 11.6. The van der Waals surface area contributed by atoms with E-state index in [1.165, 1.54) is 22.5 Å². The molecule has 1 aromatic heterocycles. The van der Waals surface area contributed by atoms with Crippen LogP contribution in [-0.2, 0) is 10.0 Å². The van der Waals surface area contributed by atoms with Gasteiger partial charge in [0.25, 0.3) is 5.91 Å². The molecule has 0 saturated carbocycles. The number of anilines is 1. The van der Waals surface area contributed by atoms with Gasteiger partial charge in [0.05, 0.1) is 4.90 Å². The minimum atomic E-state index is -3.88. The number of carbonyl (C=O) groups excluding carboxylic acids is 1. The van der Waals surface area contributed by atoms with Crippen LogP contribution in [0.3, 0.4) is 0 Å². The molecule has 1 amide bonds. The zero-order valence-corrected chi connectivity index (χ0v) is 18.0. The van der Waals surface area contributed by atoms with Crippen LogP contribution in [0.4, 0.5) is 10.1 Å². The second-order valence-electron chi connectivity index (χ2n) is 7.62. The number of aromatic nitrogens is 1. The van der Waals surface area contributed by atoms with E-state index in [0.29, 0.717) is 30.6 Å². The molecule has 2 heterocycles. The monoisotopic (exact) mass is 454 g/mol. The van der Waals surface area contributed by atoms with Gasteiger partial charge < -0.3 is 11.1 Å². The molecule has 0 spiro atoms. The molecular formula is C23H23FN4O3S. The minimum Gasteiger partial charge on any atom is -0.323 e. The highest BCUT2D eigenvalue weighted by Gasteiger charge is 2.39. The first kappa shape index (κ1) is 22.1. The molecule has 32 heavy (non-hydrogen) atoms. The molecule has 1 aliphatic heterocycles. The van der Waals surface area contributed by atoms with Gasteiger partial charge in [-0.2, -0.15) is 4.31 Å². The molecule has 4 rings (SSSR count). The Morgan fingerprint density at radius 3 is 2.53 bits per heavy atom. The van der Waals surface area contributed by atoms with E-state index in [9.17, 15) is 17.6 Å². The van der Waals surface area contributed by atoms with E-state index < -0.39 is 27.9 Å². The lowest BCUT2D eigenvalue weighted by molar-refractivity contribution is 0.102. The summed E-state index contributed by atoms with van der Waals surface area (Å²) < 4.78 is 41.2. The predicted octanol–water partition coefficient (Wildman–Crippen LogP) is 3.33. The van der Waals surface area contributed by atoms with Gasteiger partial charge in [-0.25, -0.2) is 12.8 Å². The Hall–Kier alpha value is -3.14. The first-order chi connectivity index (χ1) is 15.4. The number of nitrogens with one attached hydrogen (secondary N) is 1. The minimum absolute atomic E-state index is 0.0836. The Labute approximate surface area is 186 Å². The van der Waals surface area contributed by atoms with Gasteiger partial charge >= 0.3 is 0 Å². The summed E-state index contributed by atoms with van der Waals surface area (Å²) in [5.41, 5.74) is 8.26. The summed E-state index contributed by atoms with van der Waals surface area (Å²) in [5.74, 6) is -0.876. The quantitative estimate of drug-likeness (QED) is 0.594. The van der Waals surface area contributed by atoms with Crippen molar-refractivity contribution in [1.82, 2.24) is 9.29 Å². The maximum Gasteiger partial charge on any atom is 0.255 e. The molecule has 0 aliphatic carbocycles. The molecule has 1 saturated heterocycles. The smallest absolute Gasteiger partial charge is 0.255 e.